The first kappa shape index (κ1) is 17.8. The van der Waals surface area contributed by atoms with E-state index in [2.05, 4.69) is 21.0 Å². The second-order valence-corrected chi connectivity index (χ2v) is 6.37. The average molecular weight is 387 g/mol. The molecular weight excluding hydrogens is 375 g/mol. The van der Waals surface area contributed by atoms with E-state index in [0.29, 0.717) is 17.2 Å². The Morgan fingerprint density at radius 2 is 1.32 bits per heavy atom. The maximum Gasteiger partial charge on any atom is 0.226 e. The summed E-state index contributed by atoms with van der Waals surface area (Å²) in [6.07, 6.45) is 0. The van der Waals surface area contributed by atoms with Crippen LogP contribution in [0.5, 0.6) is 0 Å². The summed E-state index contributed by atoms with van der Waals surface area (Å²) in [4.78, 5) is 13.0. The molecule has 0 radical (unpaired) electrons. The molecule has 0 fully saturated rings. The normalized spacial score (nSPS) is 10.5. The third kappa shape index (κ3) is 3.73. The summed E-state index contributed by atoms with van der Waals surface area (Å²) in [6, 6.07) is 22.9. The number of nitriles is 1. The highest BCUT2D eigenvalue weighted by Gasteiger charge is 2.10. The summed E-state index contributed by atoms with van der Waals surface area (Å²) in [5, 5.41) is 9.02. The van der Waals surface area contributed by atoms with E-state index in [-0.39, 0.29) is 11.1 Å². The molecule has 0 aliphatic carbocycles. The molecule has 1 aromatic heterocycles. The lowest BCUT2D eigenvalue weighted by atomic mass is 10.0. The molecule has 28 heavy (non-hydrogen) atoms. The van der Waals surface area contributed by atoms with Crippen molar-refractivity contribution in [2.75, 3.05) is 0 Å². The van der Waals surface area contributed by atoms with Gasteiger partial charge in [-0.05, 0) is 65.2 Å². The van der Waals surface area contributed by atoms with Gasteiger partial charge in [0.2, 0.25) is 5.28 Å². The molecule has 0 N–H and O–H groups in total. The standard InChI is InChI=1S/C22H12ClFN4/c23-22-27-20(16-6-4-14(13-25)5-7-16)26-21(28-22)18-3-1-2-17(12-18)15-8-10-19(24)11-9-15/h1-12H. The SMILES string of the molecule is N#Cc1ccc(-c2nc(Cl)nc(-c3cccc(-c4ccc(F)cc4)c3)n2)cc1. The van der Waals surface area contributed by atoms with Gasteiger partial charge in [0.05, 0.1) is 11.6 Å². The van der Waals surface area contributed by atoms with Gasteiger partial charge in [-0.2, -0.15) is 15.2 Å². The van der Waals surface area contributed by atoms with E-state index in [0.717, 1.165) is 22.3 Å². The highest BCUT2D eigenvalue weighted by Crippen LogP contribution is 2.27. The van der Waals surface area contributed by atoms with Gasteiger partial charge in [-0.15, -0.1) is 0 Å². The number of hydrogen-bond acceptors (Lipinski definition) is 4. The minimum atomic E-state index is -0.281. The van der Waals surface area contributed by atoms with Crippen molar-refractivity contribution in [2.24, 2.45) is 0 Å². The molecule has 0 aliphatic heterocycles. The first-order valence-electron chi connectivity index (χ1n) is 8.41. The third-order valence-corrected chi connectivity index (χ3v) is 4.35. The fourth-order valence-corrected chi connectivity index (χ4v) is 2.94. The molecule has 0 unspecified atom stereocenters. The summed E-state index contributed by atoms with van der Waals surface area (Å²) in [5.41, 5.74) is 3.85. The topological polar surface area (TPSA) is 62.5 Å². The molecule has 0 spiro atoms. The lowest BCUT2D eigenvalue weighted by Gasteiger charge is -2.07. The molecule has 4 nitrogen and oxygen atoms in total. The van der Waals surface area contributed by atoms with Gasteiger partial charge >= 0.3 is 0 Å². The number of halogens is 2. The monoisotopic (exact) mass is 386 g/mol. The lowest BCUT2D eigenvalue weighted by Crippen LogP contribution is -1.97. The van der Waals surface area contributed by atoms with E-state index in [1.807, 2.05) is 24.3 Å². The zero-order valence-electron chi connectivity index (χ0n) is 14.5. The van der Waals surface area contributed by atoms with Gasteiger partial charge < -0.3 is 0 Å². The smallest absolute Gasteiger partial charge is 0.208 e. The van der Waals surface area contributed by atoms with Crippen molar-refractivity contribution in [1.29, 1.82) is 5.26 Å². The van der Waals surface area contributed by atoms with Crippen molar-refractivity contribution in [3.63, 3.8) is 0 Å². The molecule has 4 aromatic rings. The van der Waals surface area contributed by atoms with E-state index < -0.39 is 0 Å². The highest BCUT2D eigenvalue weighted by atomic mass is 35.5. The van der Waals surface area contributed by atoms with Crippen LogP contribution < -0.4 is 0 Å². The predicted molar refractivity (Wildman–Crippen MR) is 106 cm³/mol. The van der Waals surface area contributed by atoms with Crippen molar-refractivity contribution in [1.82, 2.24) is 15.0 Å². The fourth-order valence-electron chi connectivity index (χ4n) is 2.78. The third-order valence-electron chi connectivity index (χ3n) is 4.18. The first-order valence-corrected chi connectivity index (χ1v) is 8.79. The van der Waals surface area contributed by atoms with E-state index in [1.54, 1.807) is 36.4 Å². The van der Waals surface area contributed by atoms with Crippen LogP contribution in [0.25, 0.3) is 33.9 Å². The highest BCUT2D eigenvalue weighted by molar-refractivity contribution is 6.28. The van der Waals surface area contributed by atoms with E-state index >= 15 is 0 Å². The molecule has 0 saturated carbocycles. The zero-order chi connectivity index (χ0) is 19.5. The number of rotatable bonds is 3. The number of aromatic nitrogens is 3. The molecule has 134 valence electrons. The number of benzene rings is 3. The van der Waals surface area contributed by atoms with Crippen LogP contribution in [0.2, 0.25) is 5.28 Å². The van der Waals surface area contributed by atoms with Gasteiger partial charge in [-0.3, -0.25) is 0 Å². The van der Waals surface area contributed by atoms with Gasteiger partial charge in [0, 0.05) is 11.1 Å². The summed E-state index contributed by atoms with van der Waals surface area (Å²) < 4.78 is 13.2. The molecule has 4 rings (SSSR count). The Bertz CT molecular complexity index is 1180. The Morgan fingerprint density at radius 1 is 0.714 bits per heavy atom. The first-order chi connectivity index (χ1) is 13.6. The van der Waals surface area contributed by atoms with Gasteiger partial charge in [-0.25, -0.2) is 9.37 Å². The zero-order valence-corrected chi connectivity index (χ0v) is 15.2. The molecule has 3 aromatic carbocycles. The Labute approximate surface area is 165 Å². The Morgan fingerprint density at radius 3 is 2.00 bits per heavy atom. The molecule has 0 amide bonds. The van der Waals surface area contributed by atoms with Crippen molar-refractivity contribution in [3.8, 4) is 40.0 Å². The van der Waals surface area contributed by atoms with Gasteiger partial charge in [0.1, 0.15) is 5.82 Å². The van der Waals surface area contributed by atoms with Crippen molar-refractivity contribution in [3.05, 3.63) is 89.5 Å². The van der Waals surface area contributed by atoms with E-state index in [9.17, 15) is 4.39 Å². The van der Waals surface area contributed by atoms with Gasteiger partial charge in [-0.1, -0.05) is 30.3 Å². The Kier molecular flexibility index (Phi) is 4.79. The van der Waals surface area contributed by atoms with E-state index in [1.165, 1.54) is 12.1 Å². The molecule has 1 heterocycles. The molecule has 0 atom stereocenters. The fraction of sp³-hybridized carbons (Fsp3) is 0. The molecular formula is C22H12ClFN4. The summed E-state index contributed by atoms with van der Waals surface area (Å²) in [5.74, 6) is 0.575. The minimum absolute atomic E-state index is 0.0801. The van der Waals surface area contributed by atoms with Gasteiger partial charge in [0.15, 0.2) is 11.6 Å². The van der Waals surface area contributed by atoms with Crippen molar-refractivity contribution < 1.29 is 4.39 Å². The quantitative estimate of drug-likeness (QED) is 0.464. The maximum atomic E-state index is 13.2. The molecule has 0 saturated heterocycles. The maximum absolute atomic E-state index is 13.2. The van der Waals surface area contributed by atoms with Crippen LogP contribution in [0.3, 0.4) is 0 Å². The predicted octanol–water partition coefficient (Wildman–Crippen LogP) is 5.54. The summed E-state index contributed by atoms with van der Waals surface area (Å²) >= 11 is 6.13. The molecule has 6 heteroatoms. The van der Waals surface area contributed by atoms with Crippen LogP contribution in [0.1, 0.15) is 5.56 Å². The largest absolute Gasteiger partial charge is 0.226 e. The van der Waals surface area contributed by atoms with Crippen LogP contribution in [0.15, 0.2) is 72.8 Å². The number of nitrogens with zero attached hydrogens (tertiary/aromatic N) is 4. The van der Waals surface area contributed by atoms with Gasteiger partial charge in [0.25, 0.3) is 0 Å². The molecule has 0 aliphatic rings. The van der Waals surface area contributed by atoms with Crippen LogP contribution in [-0.4, -0.2) is 15.0 Å². The Hall–Kier alpha value is -3.62. The summed E-state index contributed by atoms with van der Waals surface area (Å²) in [7, 11) is 0. The lowest BCUT2D eigenvalue weighted by molar-refractivity contribution is 0.628. The summed E-state index contributed by atoms with van der Waals surface area (Å²) in [6.45, 7) is 0. The Balaban J connectivity index is 1.75. The minimum Gasteiger partial charge on any atom is -0.208 e. The van der Waals surface area contributed by atoms with Crippen molar-refractivity contribution in [2.45, 2.75) is 0 Å². The van der Waals surface area contributed by atoms with Crippen LogP contribution in [-0.2, 0) is 0 Å². The van der Waals surface area contributed by atoms with Crippen LogP contribution in [0, 0.1) is 17.1 Å². The molecule has 0 bridgehead atoms. The van der Waals surface area contributed by atoms with Crippen LogP contribution in [0.4, 0.5) is 4.39 Å². The average Bonchev–Trinajstić information content (AvgIpc) is 2.74. The number of hydrogen-bond donors (Lipinski definition) is 0. The van der Waals surface area contributed by atoms with Crippen LogP contribution >= 0.6 is 11.6 Å². The van der Waals surface area contributed by atoms with E-state index in [4.69, 9.17) is 16.9 Å². The van der Waals surface area contributed by atoms with Crippen molar-refractivity contribution >= 4 is 11.6 Å². The second-order valence-electron chi connectivity index (χ2n) is 6.03. The second kappa shape index (κ2) is 7.55.